The summed E-state index contributed by atoms with van der Waals surface area (Å²) in [5, 5.41) is 14.8. The minimum Gasteiger partial charge on any atom is -0.309 e. The Morgan fingerprint density at radius 1 is 0.196 bits per heavy atom. The topological polar surface area (TPSA) is 53.5 Å². The zero-order valence-electron chi connectivity index (χ0n) is 54.6. The molecule has 0 aliphatic heterocycles. The number of aromatic nitrogens is 6. The molecule has 0 aliphatic carbocycles. The Hall–Kier alpha value is -12.6. The maximum Gasteiger partial charge on any atom is 0.164 e. The van der Waals surface area contributed by atoms with Gasteiger partial charge in [-0.1, -0.05) is 255 Å². The molecule has 22 rings (SSSR count). The predicted molar refractivity (Wildman–Crippen MR) is 434 cm³/mol. The van der Waals surface area contributed by atoms with Crippen molar-refractivity contribution >= 4 is 160 Å². The first-order valence-corrected chi connectivity index (χ1v) is 36.9. The summed E-state index contributed by atoms with van der Waals surface area (Å²) in [5.41, 5.74) is 19.6. The third-order valence-electron chi connectivity index (χ3n) is 20.9. The largest absolute Gasteiger partial charge is 0.309 e. The summed E-state index contributed by atoms with van der Waals surface area (Å²) >= 11 is 5.60. The number of para-hydroxylation sites is 6. The first kappa shape index (κ1) is 57.3. The van der Waals surface area contributed by atoms with Gasteiger partial charge in [-0.2, -0.15) is 0 Å². The van der Waals surface area contributed by atoms with Gasteiger partial charge in [-0.15, -0.1) is 34.0 Å². The Balaban J connectivity index is 0.756. The molecule has 0 radical (unpaired) electrons. The number of nitrogens with zero attached hydrogens (tertiary/aromatic N) is 6. The van der Waals surface area contributed by atoms with Gasteiger partial charge in [0.15, 0.2) is 17.5 Å². The van der Waals surface area contributed by atoms with Crippen LogP contribution in [0, 0.1) is 0 Å². The van der Waals surface area contributed by atoms with Crippen LogP contribution in [0.3, 0.4) is 0 Å². The van der Waals surface area contributed by atoms with Crippen LogP contribution < -0.4 is 0 Å². The molecule has 15 aromatic carbocycles. The average Bonchev–Trinajstić information content (AvgIpc) is 1.57. The molecule has 0 aliphatic rings. The summed E-state index contributed by atoms with van der Waals surface area (Å²) in [7, 11) is 0. The normalized spacial score (nSPS) is 12.1. The molecular formula is C93H54N6S3. The summed E-state index contributed by atoms with van der Waals surface area (Å²) in [6, 6.07) is 120. The molecule has 474 valence electrons. The van der Waals surface area contributed by atoms with E-state index in [9.17, 15) is 0 Å². The lowest BCUT2D eigenvalue weighted by atomic mass is 10.00. The van der Waals surface area contributed by atoms with Crippen molar-refractivity contribution in [3.05, 3.63) is 328 Å². The van der Waals surface area contributed by atoms with Crippen molar-refractivity contribution in [2.75, 3.05) is 0 Å². The van der Waals surface area contributed by atoms with Gasteiger partial charge < -0.3 is 13.7 Å². The van der Waals surface area contributed by atoms with Crippen molar-refractivity contribution in [1.29, 1.82) is 0 Å². The molecule has 0 N–H and O–H groups in total. The van der Waals surface area contributed by atoms with E-state index >= 15 is 0 Å². The van der Waals surface area contributed by atoms with E-state index < -0.39 is 0 Å². The zero-order valence-corrected chi connectivity index (χ0v) is 57.0. The van der Waals surface area contributed by atoms with E-state index in [2.05, 4.69) is 341 Å². The van der Waals surface area contributed by atoms with Gasteiger partial charge in [0, 0.05) is 160 Å². The number of thiophene rings is 3. The van der Waals surface area contributed by atoms with Gasteiger partial charge in [0.05, 0.1) is 33.1 Å². The number of fused-ring (bicyclic) bond motifs is 18. The molecule has 6 nitrogen and oxygen atoms in total. The van der Waals surface area contributed by atoms with E-state index in [-0.39, 0.29) is 0 Å². The second-order valence-corrected chi connectivity index (χ2v) is 29.6. The smallest absolute Gasteiger partial charge is 0.164 e. The lowest BCUT2D eigenvalue weighted by molar-refractivity contribution is 1.07. The van der Waals surface area contributed by atoms with Crippen molar-refractivity contribution in [3.8, 4) is 84.6 Å². The quantitative estimate of drug-likeness (QED) is 0.145. The molecule has 0 amide bonds. The molecule has 0 bridgehead atoms. The maximum atomic E-state index is 5.63. The molecule has 0 atom stereocenters. The fourth-order valence-electron chi connectivity index (χ4n) is 16.5. The Labute approximate surface area is 596 Å². The third kappa shape index (κ3) is 8.60. The lowest BCUT2D eigenvalue weighted by Gasteiger charge is -2.15. The highest BCUT2D eigenvalue weighted by atomic mass is 32.1. The monoisotopic (exact) mass is 1350 g/mol. The van der Waals surface area contributed by atoms with Gasteiger partial charge in [-0.25, -0.2) is 15.0 Å². The van der Waals surface area contributed by atoms with Crippen LogP contribution in [0.1, 0.15) is 0 Å². The van der Waals surface area contributed by atoms with E-state index in [0.29, 0.717) is 17.5 Å². The highest BCUT2D eigenvalue weighted by molar-refractivity contribution is 7.27. The molecule has 102 heavy (non-hydrogen) atoms. The summed E-state index contributed by atoms with van der Waals surface area (Å²) in [6.45, 7) is 0. The summed E-state index contributed by atoms with van der Waals surface area (Å²) in [5.74, 6) is 1.69. The summed E-state index contributed by atoms with van der Waals surface area (Å²) in [6.07, 6.45) is 0. The Bertz CT molecular complexity index is 6600. The fourth-order valence-corrected chi connectivity index (χ4v) is 20.2. The molecule has 7 aromatic heterocycles. The van der Waals surface area contributed by atoms with Crippen molar-refractivity contribution in [2.45, 2.75) is 0 Å². The second kappa shape index (κ2) is 22.4. The zero-order chi connectivity index (χ0) is 66.7. The van der Waals surface area contributed by atoms with Crippen LogP contribution >= 0.6 is 34.0 Å². The first-order valence-electron chi connectivity index (χ1n) is 34.5. The first-order chi connectivity index (χ1) is 50.6. The van der Waals surface area contributed by atoms with Crippen LogP contribution in [0.25, 0.3) is 211 Å². The molecule has 0 spiro atoms. The molecule has 22 aromatic rings. The minimum atomic E-state index is 0.565. The van der Waals surface area contributed by atoms with Gasteiger partial charge in [0.1, 0.15) is 0 Å². The van der Waals surface area contributed by atoms with Crippen LogP contribution in [0.4, 0.5) is 0 Å². The van der Waals surface area contributed by atoms with E-state index in [1.54, 1.807) is 0 Å². The van der Waals surface area contributed by atoms with E-state index in [0.717, 1.165) is 66.9 Å². The predicted octanol–water partition coefficient (Wildman–Crippen LogP) is 26.3. The van der Waals surface area contributed by atoms with E-state index in [1.807, 2.05) is 34.0 Å². The van der Waals surface area contributed by atoms with Gasteiger partial charge >= 0.3 is 0 Å². The average molecular weight is 1350 g/mol. The van der Waals surface area contributed by atoms with E-state index in [1.165, 1.54) is 126 Å². The second-order valence-electron chi connectivity index (χ2n) is 26.5. The molecular weight excluding hydrogens is 1300 g/mol. The molecule has 9 heteroatoms. The fraction of sp³-hybridized carbons (Fsp3) is 0. The lowest BCUT2D eigenvalue weighted by Crippen LogP contribution is -2.03. The number of benzene rings is 15. The number of rotatable bonds is 9. The van der Waals surface area contributed by atoms with Crippen LogP contribution in [0.15, 0.2) is 328 Å². The van der Waals surface area contributed by atoms with Crippen molar-refractivity contribution in [3.63, 3.8) is 0 Å². The van der Waals surface area contributed by atoms with E-state index in [4.69, 9.17) is 15.0 Å². The Morgan fingerprint density at radius 3 is 0.755 bits per heavy atom. The van der Waals surface area contributed by atoms with Crippen LogP contribution in [-0.4, -0.2) is 28.7 Å². The number of hydrogen-bond acceptors (Lipinski definition) is 6. The minimum absolute atomic E-state index is 0.565. The molecule has 0 unspecified atom stereocenters. The SMILES string of the molecule is c1cc(-c2nc(-c3cccc(-n4c5ccccc5c5cccc(-c6cccc7c6sc6ccccc67)c54)c3)nc(-c3cccc(-n4c5ccccc5c5cccc(-c6cccc7c6sc6ccccc67)c54)c3)n2)cc(-n2c3ccccc3c3cccc(-c4cccc5c4sc4ccccc45)c32)c1. The molecule has 0 saturated heterocycles. The van der Waals surface area contributed by atoms with Crippen molar-refractivity contribution < 1.29 is 0 Å². The Morgan fingerprint density at radius 2 is 0.441 bits per heavy atom. The van der Waals surface area contributed by atoms with Crippen molar-refractivity contribution in [1.82, 2.24) is 28.7 Å². The van der Waals surface area contributed by atoms with Gasteiger partial charge in [0.2, 0.25) is 0 Å². The highest BCUT2D eigenvalue weighted by Crippen LogP contribution is 2.49. The molecule has 7 heterocycles. The molecule has 0 fully saturated rings. The Kier molecular flexibility index (Phi) is 12.6. The van der Waals surface area contributed by atoms with Crippen molar-refractivity contribution in [2.24, 2.45) is 0 Å². The van der Waals surface area contributed by atoms with Gasteiger partial charge in [-0.3, -0.25) is 0 Å². The van der Waals surface area contributed by atoms with Crippen LogP contribution in [-0.2, 0) is 0 Å². The standard InChI is InChI=1S/C93H54N6S3/c1-7-46-79-61(28-1)67-34-16-37-70(76-43-19-40-73-64-31-4-10-49-82(64)100-88(73)76)85(67)97(79)58-25-13-22-55(52-58)91-94-92(56-23-14-26-59(53-56)98-80-47-8-2-29-62(80)68-35-17-38-71(86(68)98)77-44-20-41-74-65-32-5-11-50-83(65)101-89(74)77)96-93(95-91)57-24-15-27-60(54-57)99-81-48-9-3-30-63(81)69-36-18-39-72(87(69)99)78-45-21-42-75-66-33-6-12-51-84(66)102-90(75)78/h1-54H. The molecule has 0 saturated carbocycles. The van der Waals surface area contributed by atoms with Gasteiger partial charge in [0.25, 0.3) is 0 Å². The maximum absolute atomic E-state index is 5.63. The van der Waals surface area contributed by atoms with Crippen LogP contribution in [0.2, 0.25) is 0 Å². The highest BCUT2D eigenvalue weighted by Gasteiger charge is 2.25. The summed E-state index contributed by atoms with van der Waals surface area (Å²) < 4.78 is 15.0. The summed E-state index contributed by atoms with van der Waals surface area (Å²) in [4.78, 5) is 16.9. The van der Waals surface area contributed by atoms with Gasteiger partial charge in [-0.05, 0) is 72.8 Å². The third-order valence-corrected chi connectivity index (χ3v) is 24.6. The number of hydrogen-bond donors (Lipinski definition) is 0. The van der Waals surface area contributed by atoms with Crippen LogP contribution in [0.5, 0.6) is 0 Å².